The topological polar surface area (TPSA) is 67.3 Å². The minimum Gasteiger partial charge on any atom is -0.376 e. The summed E-state index contributed by atoms with van der Waals surface area (Å²) in [5.74, 6) is 0.733. The number of thiocarbonyl (C=S) groups is 2. The Labute approximate surface area is 343 Å². The van der Waals surface area contributed by atoms with Gasteiger partial charge in [-0.2, -0.15) is 0 Å². The van der Waals surface area contributed by atoms with Gasteiger partial charge in [-0.05, 0) is 165 Å². The van der Waals surface area contributed by atoms with E-state index in [1.54, 1.807) is 11.1 Å². The lowest BCUT2D eigenvalue weighted by atomic mass is 9.31. The van der Waals surface area contributed by atoms with Gasteiger partial charge in [-0.15, -0.1) is 0 Å². The summed E-state index contributed by atoms with van der Waals surface area (Å²) in [6.45, 7) is 9.43. The standard InChI is InChI=1S/C49H68N4S2/c1-42(2)33-53(19-18-39(42)51)41(55)47-22-34-20-44(28-47,27-46(21-34,31-47)35-10-6-4-7-11-35)26-45-23-43(3)24-48(29-45,36-12-8-5-9-13-36)32-49(25-43,30-45)40(54)52-38-16-14-37(50)15-17-38/h4-13,34,37-39H,14-33,50-51H2,1-3H3,(H,52,54)/t34?,37?,38?,39-,43-,44+,45?,46-,47?,48+,49?/m0/s1. The molecule has 9 atom stereocenters. The first kappa shape index (κ1) is 37.4. The van der Waals surface area contributed by atoms with Crippen LogP contribution in [0, 0.1) is 38.4 Å². The molecule has 8 bridgehead atoms. The van der Waals surface area contributed by atoms with Gasteiger partial charge in [-0.25, -0.2) is 0 Å². The van der Waals surface area contributed by atoms with Crippen LogP contribution >= 0.6 is 24.4 Å². The zero-order valence-electron chi connectivity index (χ0n) is 34.1. The van der Waals surface area contributed by atoms with Gasteiger partial charge in [0.05, 0.1) is 9.98 Å². The minimum absolute atomic E-state index is 0.0544. The maximum absolute atomic E-state index is 6.86. The molecule has 10 fully saturated rings. The Kier molecular flexibility index (Phi) is 8.55. The van der Waals surface area contributed by atoms with Gasteiger partial charge in [0.15, 0.2) is 0 Å². The fourth-order valence-electron chi connectivity index (χ4n) is 17.4. The number of nitrogens with one attached hydrogen (secondary N) is 1. The van der Waals surface area contributed by atoms with Gasteiger partial charge >= 0.3 is 0 Å². The second-order valence-corrected chi connectivity index (χ2v) is 23.9. The Bertz CT molecular complexity index is 1840. The largest absolute Gasteiger partial charge is 0.376 e. The molecule has 9 aliphatic carbocycles. The van der Waals surface area contributed by atoms with E-state index in [0.717, 1.165) is 51.1 Å². The minimum atomic E-state index is 0.0544. The number of nitrogens with zero attached hydrogens (tertiary/aromatic N) is 1. The Balaban J connectivity index is 1.05. The van der Waals surface area contributed by atoms with Crippen LogP contribution in [0.4, 0.5) is 0 Å². The summed E-state index contributed by atoms with van der Waals surface area (Å²) < 4.78 is 0. The average Bonchev–Trinajstić information content (AvgIpc) is 3.12. The zero-order chi connectivity index (χ0) is 38.1. The number of likely N-dealkylation sites (tertiary alicyclic amines) is 1. The molecule has 55 heavy (non-hydrogen) atoms. The van der Waals surface area contributed by atoms with Crippen molar-refractivity contribution in [3.63, 3.8) is 0 Å². The SMILES string of the molecule is CC1(C)CN(C(=S)C23CC4C[C@](CC56CC7(C(=S)NC8CCC(N)CC8)C[C@@](C)(C5)C[C@@](c5ccccc5)(C6)C7)(C2)C[C@@](c2ccccc2)(C4)C3)CC[C@@H]1N. The van der Waals surface area contributed by atoms with Crippen LogP contribution in [0.1, 0.15) is 147 Å². The second-order valence-electron chi connectivity index (χ2n) is 23.1. The van der Waals surface area contributed by atoms with E-state index < -0.39 is 0 Å². The number of hydrogen-bond donors (Lipinski definition) is 3. The summed E-state index contributed by atoms with van der Waals surface area (Å²) in [5, 5.41) is 4.10. The zero-order valence-corrected chi connectivity index (χ0v) is 35.8. The highest BCUT2D eigenvalue weighted by atomic mass is 32.1. The number of hydrogen-bond acceptors (Lipinski definition) is 4. The first-order valence-corrected chi connectivity index (χ1v) is 23.1. The molecule has 1 saturated heterocycles. The molecule has 12 rings (SSSR count). The van der Waals surface area contributed by atoms with E-state index in [9.17, 15) is 0 Å². The van der Waals surface area contributed by atoms with E-state index in [0.29, 0.717) is 12.1 Å². The maximum atomic E-state index is 6.86. The predicted octanol–water partition coefficient (Wildman–Crippen LogP) is 10.2. The van der Waals surface area contributed by atoms with Crippen molar-refractivity contribution in [3.05, 3.63) is 71.8 Å². The Morgan fingerprint density at radius 3 is 2.00 bits per heavy atom. The summed E-state index contributed by atoms with van der Waals surface area (Å²) >= 11 is 13.6. The van der Waals surface area contributed by atoms with E-state index >= 15 is 0 Å². The summed E-state index contributed by atoms with van der Waals surface area (Å²) in [6.07, 6.45) is 22.5. The highest BCUT2D eigenvalue weighted by Crippen LogP contribution is 2.79. The molecule has 9 saturated carbocycles. The number of nitrogens with two attached hydrogens (primary N) is 2. The Morgan fingerprint density at radius 1 is 0.673 bits per heavy atom. The molecule has 2 aromatic rings. The lowest BCUT2D eigenvalue weighted by Crippen LogP contribution is -2.68. The van der Waals surface area contributed by atoms with Gasteiger partial charge in [0, 0.05) is 42.0 Å². The lowest BCUT2D eigenvalue weighted by molar-refractivity contribution is -0.182. The van der Waals surface area contributed by atoms with Crippen molar-refractivity contribution >= 4 is 34.4 Å². The van der Waals surface area contributed by atoms with E-state index in [1.165, 1.54) is 93.4 Å². The van der Waals surface area contributed by atoms with Crippen molar-refractivity contribution in [2.24, 2.45) is 49.9 Å². The highest BCUT2D eigenvalue weighted by molar-refractivity contribution is 7.80. The molecule has 1 heterocycles. The van der Waals surface area contributed by atoms with Crippen LogP contribution in [-0.2, 0) is 10.8 Å². The van der Waals surface area contributed by atoms with Crippen molar-refractivity contribution < 1.29 is 0 Å². The summed E-state index contributed by atoms with van der Waals surface area (Å²) in [5.41, 5.74) is 17.7. The van der Waals surface area contributed by atoms with Gasteiger partial charge in [0.1, 0.15) is 0 Å². The van der Waals surface area contributed by atoms with Crippen molar-refractivity contribution in [2.45, 2.75) is 165 Å². The lowest BCUT2D eigenvalue weighted by Gasteiger charge is -2.74. The molecule has 5 N–H and O–H groups in total. The molecule has 1 aliphatic heterocycles. The van der Waals surface area contributed by atoms with Crippen molar-refractivity contribution in [3.8, 4) is 0 Å². The van der Waals surface area contributed by atoms with Crippen molar-refractivity contribution in [2.75, 3.05) is 13.1 Å². The molecule has 10 aliphatic rings. The summed E-state index contributed by atoms with van der Waals surface area (Å²) in [4.78, 5) is 5.16. The summed E-state index contributed by atoms with van der Waals surface area (Å²) in [7, 11) is 0. The molecule has 0 amide bonds. The molecule has 0 aromatic heterocycles. The number of benzene rings is 2. The Hall–Kier alpha value is -1.86. The highest BCUT2D eigenvalue weighted by Gasteiger charge is 2.72. The smallest absolute Gasteiger partial charge is 0.0842 e. The molecule has 2 aromatic carbocycles. The number of rotatable bonds is 7. The third kappa shape index (κ3) is 6.05. The van der Waals surface area contributed by atoms with Crippen LogP contribution in [0.3, 0.4) is 0 Å². The van der Waals surface area contributed by atoms with Gasteiger partial charge in [0.25, 0.3) is 0 Å². The molecule has 0 spiro atoms. The monoisotopic (exact) mass is 776 g/mol. The normalized spacial score (nSPS) is 46.5. The van der Waals surface area contributed by atoms with Gasteiger partial charge in [0.2, 0.25) is 0 Å². The average molecular weight is 777 g/mol. The van der Waals surface area contributed by atoms with E-state index in [2.05, 4.69) is 91.7 Å². The quantitative estimate of drug-likeness (QED) is 0.244. The van der Waals surface area contributed by atoms with Crippen LogP contribution in [0.2, 0.25) is 0 Å². The van der Waals surface area contributed by atoms with E-state index in [1.807, 2.05) is 0 Å². The predicted molar refractivity (Wildman–Crippen MR) is 234 cm³/mol. The first-order valence-electron chi connectivity index (χ1n) is 22.3. The van der Waals surface area contributed by atoms with Crippen molar-refractivity contribution in [1.82, 2.24) is 10.2 Å². The van der Waals surface area contributed by atoms with Crippen LogP contribution in [0.25, 0.3) is 0 Å². The van der Waals surface area contributed by atoms with Gasteiger partial charge < -0.3 is 21.7 Å². The third-order valence-electron chi connectivity index (χ3n) is 17.8. The van der Waals surface area contributed by atoms with Crippen LogP contribution in [0.15, 0.2) is 60.7 Å². The molecule has 6 heteroatoms. The Morgan fingerprint density at radius 2 is 1.31 bits per heavy atom. The first-order chi connectivity index (χ1) is 26.1. The molecular weight excluding hydrogens is 709 g/mol. The van der Waals surface area contributed by atoms with Crippen molar-refractivity contribution in [1.29, 1.82) is 0 Å². The van der Waals surface area contributed by atoms with Crippen LogP contribution in [-0.4, -0.2) is 46.1 Å². The number of piperidine rings is 1. The van der Waals surface area contributed by atoms with Gasteiger partial charge in [-0.3, -0.25) is 0 Å². The molecule has 4 unspecified atom stereocenters. The molecule has 296 valence electrons. The molecular formula is C49H68N4S2. The fourth-order valence-corrected chi connectivity index (χ4v) is 18.1. The van der Waals surface area contributed by atoms with Crippen LogP contribution in [0.5, 0.6) is 0 Å². The molecule has 0 radical (unpaired) electrons. The third-order valence-corrected chi connectivity index (χ3v) is 19.0. The summed E-state index contributed by atoms with van der Waals surface area (Å²) in [6, 6.07) is 24.6. The fraction of sp³-hybridized carbons (Fsp3) is 0.714. The van der Waals surface area contributed by atoms with Gasteiger partial charge in [-0.1, -0.05) is 106 Å². The second kappa shape index (κ2) is 12.6. The van der Waals surface area contributed by atoms with E-state index in [4.69, 9.17) is 35.9 Å². The van der Waals surface area contributed by atoms with E-state index in [-0.39, 0.29) is 49.4 Å². The van der Waals surface area contributed by atoms with Crippen LogP contribution < -0.4 is 16.8 Å². The molecule has 4 nitrogen and oxygen atoms in total. The maximum Gasteiger partial charge on any atom is 0.0842 e.